The minimum atomic E-state index is -0.711. The fourth-order valence-corrected chi connectivity index (χ4v) is 4.96. The highest BCUT2D eigenvalue weighted by atomic mass is 19.1. The number of hydrogen-bond donors (Lipinski definition) is 0. The van der Waals surface area contributed by atoms with Gasteiger partial charge in [0.2, 0.25) is 0 Å². The van der Waals surface area contributed by atoms with E-state index >= 15 is 0 Å². The van der Waals surface area contributed by atoms with Crippen molar-refractivity contribution in [3.8, 4) is 0 Å². The summed E-state index contributed by atoms with van der Waals surface area (Å²) in [6.07, 6.45) is 9.57. The molecule has 2 aromatic rings. The minimum absolute atomic E-state index is 0.0518. The van der Waals surface area contributed by atoms with Crippen LogP contribution in [0.25, 0.3) is 5.57 Å². The molecule has 2 heteroatoms. The summed E-state index contributed by atoms with van der Waals surface area (Å²) in [4.78, 5) is 0. The van der Waals surface area contributed by atoms with E-state index in [-0.39, 0.29) is 11.7 Å². The molecule has 0 heterocycles. The molecule has 3 atom stereocenters. The second kappa shape index (κ2) is 8.59. The third-order valence-electron chi connectivity index (χ3n) is 6.67. The molecule has 4 rings (SSSR count). The summed E-state index contributed by atoms with van der Waals surface area (Å²) in [5.74, 6) is 0.462. The zero-order chi connectivity index (χ0) is 19.5. The van der Waals surface area contributed by atoms with Gasteiger partial charge in [-0.15, -0.1) is 0 Å². The second-order valence-electron chi connectivity index (χ2n) is 8.59. The van der Waals surface area contributed by atoms with Crippen LogP contribution in [0, 0.1) is 11.7 Å². The second-order valence-corrected chi connectivity index (χ2v) is 8.59. The first-order chi connectivity index (χ1) is 13.6. The number of allylic oxidation sites excluding steroid dienone is 2. The summed E-state index contributed by atoms with van der Waals surface area (Å²) < 4.78 is 28.2. The predicted molar refractivity (Wildman–Crippen MR) is 113 cm³/mol. The first-order valence-electron chi connectivity index (χ1n) is 10.8. The molecule has 1 fully saturated rings. The molecule has 148 valence electrons. The highest BCUT2D eigenvalue weighted by Crippen LogP contribution is 2.40. The number of fused-ring (bicyclic) bond motifs is 1. The van der Waals surface area contributed by atoms with Crippen LogP contribution in [0.1, 0.15) is 73.6 Å². The van der Waals surface area contributed by atoms with Crippen molar-refractivity contribution in [3.05, 3.63) is 76.6 Å². The van der Waals surface area contributed by atoms with Crippen LogP contribution in [0.15, 0.2) is 48.5 Å². The SMILES string of the molecule is CCCCC1CCC(c2ccc(C3=CCc4cc(F)ccc4C3)cc2)C(F)C1. The molecular weight excluding hydrogens is 350 g/mol. The van der Waals surface area contributed by atoms with E-state index in [1.165, 1.54) is 36.0 Å². The molecule has 2 aliphatic carbocycles. The highest BCUT2D eigenvalue weighted by molar-refractivity contribution is 5.70. The fraction of sp³-hybridized carbons (Fsp3) is 0.462. The van der Waals surface area contributed by atoms with Crippen LogP contribution in [0.3, 0.4) is 0 Å². The van der Waals surface area contributed by atoms with Crippen molar-refractivity contribution >= 4 is 5.57 Å². The van der Waals surface area contributed by atoms with Gasteiger partial charge in [-0.05, 0) is 78.0 Å². The van der Waals surface area contributed by atoms with Crippen LogP contribution in [0.4, 0.5) is 8.78 Å². The van der Waals surface area contributed by atoms with E-state index < -0.39 is 6.17 Å². The van der Waals surface area contributed by atoms with Gasteiger partial charge in [-0.3, -0.25) is 0 Å². The molecule has 0 spiro atoms. The Kier molecular flexibility index (Phi) is 5.94. The van der Waals surface area contributed by atoms with Gasteiger partial charge in [0.15, 0.2) is 0 Å². The number of rotatable bonds is 5. The minimum Gasteiger partial charge on any atom is -0.247 e. The molecule has 0 aliphatic heterocycles. The van der Waals surface area contributed by atoms with Gasteiger partial charge in [0.25, 0.3) is 0 Å². The lowest BCUT2D eigenvalue weighted by Gasteiger charge is -2.32. The molecule has 0 saturated heterocycles. The third kappa shape index (κ3) is 4.21. The smallest absolute Gasteiger partial charge is 0.123 e. The average Bonchev–Trinajstić information content (AvgIpc) is 2.72. The number of unbranched alkanes of at least 4 members (excludes halogenated alkanes) is 1. The molecule has 0 amide bonds. The van der Waals surface area contributed by atoms with Crippen molar-refractivity contribution in [1.29, 1.82) is 0 Å². The van der Waals surface area contributed by atoms with Crippen molar-refractivity contribution in [2.24, 2.45) is 5.92 Å². The number of benzene rings is 2. The molecule has 1 saturated carbocycles. The summed E-state index contributed by atoms with van der Waals surface area (Å²) >= 11 is 0. The maximum Gasteiger partial charge on any atom is 0.123 e. The van der Waals surface area contributed by atoms with Gasteiger partial charge in [0.1, 0.15) is 12.0 Å². The Balaban J connectivity index is 1.42. The molecule has 3 unspecified atom stereocenters. The molecule has 2 aliphatic rings. The lowest BCUT2D eigenvalue weighted by atomic mass is 9.75. The number of halogens is 2. The van der Waals surface area contributed by atoms with Gasteiger partial charge in [-0.25, -0.2) is 8.78 Å². The van der Waals surface area contributed by atoms with Gasteiger partial charge in [0.05, 0.1) is 0 Å². The Labute approximate surface area is 167 Å². The van der Waals surface area contributed by atoms with E-state index in [4.69, 9.17) is 0 Å². The maximum absolute atomic E-state index is 14.8. The van der Waals surface area contributed by atoms with E-state index in [2.05, 4.69) is 37.3 Å². The molecule has 0 nitrogen and oxygen atoms in total. The molecule has 0 radical (unpaired) electrons. The van der Waals surface area contributed by atoms with Crippen molar-refractivity contribution < 1.29 is 8.78 Å². The largest absolute Gasteiger partial charge is 0.247 e. The van der Waals surface area contributed by atoms with Crippen LogP contribution >= 0.6 is 0 Å². The summed E-state index contributed by atoms with van der Waals surface area (Å²) in [7, 11) is 0. The zero-order valence-corrected chi connectivity index (χ0v) is 16.8. The summed E-state index contributed by atoms with van der Waals surface area (Å²) in [6.45, 7) is 2.21. The van der Waals surface area contributed by atoms with Gasteiger partial charge in [-0.1, -0.05) is 62.6 Å². The van der Waals surface area contributed by atoms with Gasteiger partial charge in [0, 0.05) is 5.92 Å². The molecule has 2 aromatic carbocycles. The topological polar surface area (TPSA) is 0 Å². The number of alkyl halides is 1. The van der Waals surface area contributed by atoms with E-state index in [0.29, 0.717) is 5.92 Å². The Morgan fingerprint density at radius 3 is 2.57 bits per heavy atom. The quantitative estimate of drug-likeness (QED) is 0.506. The predicted octanol–water partition coefficient (Wildman–Crippen LogP) is 7.42. The van der Waals surface area contributed by atoms with Crippen LogP contribution in [0.2, 0.25) is 0 Å². The van der Waals surface area contributed by atoms with Crippen LogP contribution in [-0.4, -0.2) is 6.17 Å². The van der Waals surface area contributed by atoms with Gasteiger partial charge in [-0.2, -0.15) is 0 Å². The number of hydrogen-bond acceptors (Lipinski definition) is 0. The third-order valence-corrected chi connectivity index (χ3v) is 6.67. The first-order valence-corrected chi connectivity index (χ1v) is 10.8. The fourth-order valence-electron chi connectivity index (χ4n) is 4.96. The Morgan fingerprint density at radius 1 is 1.00 bits per heavy atom. The Hall–Kier alpha value is -1.96. The lowest BCUT2D eigenvalue weighted by molar-refractivity contribution is 0.162. The van der Waals surface area contributed by atoms with Crippen LogP contribution in [0.5, 0.6) is 0 Å². The van der Waals surface area contributed by atoms with E-state index in [1.54, 1.807) is 12.1 Å². The van der Waals surface area contributed by atoms with E-state index in [1.807, 2.05) is 6.07 Å². The van der Waals surface area contributed by atoms with Crippen LogP contribution < -0.4 is 0 Å². The lowest BCUT2D eigenvalue weighted by Crippen LogP contribution is -2.24. The monoisotopic (exact) mass is 380 g/mol. The van der Waals surface area contributed by atoms with Gasteiger partial charge < -0.3 is 0 Å². The maximum atomic E-state index is 14.8. The molecule has 0 aromatic heterocycles. The highest BCUT2D eigenvalue weighted by Gasteiger charge is 2.31. The van der Waals surface area contributed by atoms with E-state index in [9.17, 15) is 8.78 Å². The first kappa shape index (κ1) is 19.4. The molecule has 0 N–H and O–H groups in total. The van der Waals surface area contributed by atoms with Gasteiger partial charge >= 0.3 is 0 Å². The summed E-state index contributed by atoms with van der Waals surface area (Å²) in [5.41, 5.74) is 5.92. The normalized spacial score (nSPS) is 24.5. The Bertz CT molecular complexity index is 834. The molecular formula is C26H30F2. The van der Waals surface area contributed by atoms with Crippen molar-refractivity contribution in [2.45, 2.75) is 70.4 Å². The van der Waals surface area contributed by atoms with Crippen molar-refractivity contribution in [3.63, 3.8) is 0 Å². The summed E-state index contributed by atoms with van der Waals surface area (Å²) in [6, 6.07) is 13.6. The zero-order valence-electron chi connectivity index (χ0n) is 16.8. The summed E-state index contributed by atoms with van der Waals surface area (Å²) in [5, 5.41) is 0. The van der Waals surface area contributed by atoms with Crippen molar-refractivity contribution in [1.82, 2.24) is 0 Å². The standard InChI is InChI=1S/C26H30F2/c1-2-3-4-18-5-14-25(26(28)15-18)20-8-6-19(7-9-20)21-10-11-23-17-24(27)13-12-22(23)16-21/h6-10,12-13,17-18,25-26H,2-5,11,14-16H2,1H3. The Morgan fingerprint density at radius 2 is 1.82 bits per heavy atom. The molecule has 0 bridgehead atoms. The molecule has 28 heavy (non-hydrogen) atoms. The van der Waals surface area contributed by atoms with E-state index in [0.717, 1.165) is 43.2 Å². The van der Waals surface area contributed by atoms with Crippen molar-refractivity contribution in [2.75, 3.05) is 0 Å². The average molecular weight is 381 g/mol. The van der Waals surface area contributed by atoms with Crippen LogP contribution in [-0.2, 0) is 12.8 Å².